The highest BCUT2D eigenvalue weighted by molar-refractivity contribution is 6.34. The lowest BCUT2D eigenvalue weighted by atomic mass is 10.1. The molecule has 0 spiro atoms. The molecular weight excluding hydrogens is 415 g/mol. The van der Waals surface area contributed by atoms with Gasteiger partial charge in [-0.1, -0.05) is 28.4 Å². The predicted molar refractivity (Wildman–Crippen MR) is 111 cm³/mol. The number of hydrogen-bond donors (Lipinski definition) is 2. The molecule has 0 unspecified atom stereocenters. The number of anilines is 1. The highest BCUT2D eigenvalue weighted by atomic mass is 35.5. The zero-order valence-corrected chi connectivity index (χ0v) is 17.0. The van der Waals surface area contributed by atoms with E-state index in [0.717, 1.165) is 5.56 Å². The number of nitrogens with one attached hydrogen (secondary N) is 2. The molecule has 0 atom stereocenters. The molecule has 2 aromatic carbocycles. The summed E-state index contributed by atoms with van der Waals surface area (Å²) in [5, 5.41) is 10.2. The molecule has 3 rings (SSSR count). The molecule has 1 heterocycles. The summed E-state index contributed by atoms with van der Waals surface area (Å²) in [5.74, 6) is 0.423. The van der Waals surface area contributed by atoms with E-state index in [9.17, 15) is 9.59 Å². The number of aromatic nitrogens is 2. The van der Waals surface area contributed by atoms with Crippen molar-refractivity contribution < 1.29 is 14.1 Å². The highest BCUT2D eigenvalue weighted by Gasteiger charge is 2.12. The van der Waals surface area contributed by atoms with Crippen LogP contribution in [0.25, 0.3) is 11.4 Å². The first-order valence-electron chi connectivity index (χ1n) is 8.86. The van der Waals surface area contributed by atoms with Gasteiger partial charge in [-0.3, -0.25) is 9.59 Å². The number of carbonyl (C=O) groups excluding carboxylic acids is 2. The minimum Gasteiger partial charge on any atom is -0.355 e. The number of aryl methyl sites for hydroxylation is 1. The van der Waals surface area contributed by atoms with Gasteiger partial charge in [0.05, 0.1) is 10.6 Å². The zero-order valence-electron chi connectivity index (χ0n) is 15.5. The number of nitrogens with zero attached hydrogens (tertiary/aromatic N) is 2. The first kappa shape index (κ1) is 20.8. The van der Waals surface area contributed by atoms with Crippen molar-refractivity contribution in [1.29, 1.82) is 0 Å². The summed E-state index contributed by atoms with van der Waals surface area (Å²) < 4.78 is 5.23. The topological polar surface area (TPSA) is 97.1 Å². The quantitative estimate of drug-likeness (QED) is 0.577. The van der Waals surface area contributed by atoms with Gasteiger partial charge in [0.2, 0.25) is 17.6 Å². The maximum atomic E-state index is 12.2. The van der Waals surface area contributed by atoms with Crippen molar-refractivity contribution in [3.8, 4) is 11.4 Å². The molecule has 0 radical (unpaired) electrons. The Morgan fingerprint density at radius 2 is 1.86 bits per heavy atom. The van der Waals surface area contributed by atoms with Gasteiger partial charge in [-0.05, 0) is 48.9 Å². The van der Waals surface area contributed by atoms with Gasteiger partial charge in [-0.2, -0.15) is 4.98 Å². The van der Waals surface area contributed by atoms with Crippen LogP contribution in [0.4, 0.5) is 5.69 Å². The number of rotatable bonds is 7. The molecule has 29 heavy (non-hydrogen) atoms. The van der Waals surface area contributed by atoms with E-state index in [4.69, 9.17) is 27.7 Å². The fraction of sp³-hybridized carbons (Fsp3) is 0.200. The van der Waals surface area contributed by atoms with E-state index >= 15 is 0 Å². The summed E-state index contributed by atoms with van der Waals surface area (Å²) in [4.78, 5) is 28.3. The maximum Gasteiger partial charge on any atom is 0.252 e. The summed E-state index contributed by atoms with van der Waals surface area (Å²) in [7, 11) is 1.51. The van der Waals surface area contributed by atoms with Crippen LogP contribution in [0.3, 0.4) is 0 Å². The van der Waals surface area contributed by atoms with Crippen LogP contribution in [0.5, 0.6) is 0 Å². The van der Waals surface area contributed by atoms with E-state index in [0.29, 0.717) is 45.9 Å². The molecule has 0 bridgehead atoms. The third-order valence-electron chi connectivity index (χ3n) is 4.09. The molecule has 1 aromatic heterocycles. The SMILES string of the molecule is CNC(=O)c1cc(NC(=O)CCCc2nc(-c3ccc(Cl)cc3)no2)ccc1Cl. The van der Waals surface area contributed by atoms with Crippen molar-refractivity contribution in [1.82, 2.24) is 15.5 Å². The van der Waals surface area contributed by atoms with Crippen molar-refractivity contribution in [2.24, 2.45) is 0 Å². The van der Waals surface area contributed by atoms with Crippen molar-refractivity contribution in [2.75, 3.05) is 12.4 Å². The average Bonchev–Trinajstić information content (AvgIpc) is 3.18. The van der Waals surface area contributed by atoms with Gasteiger partial charge in [0, 0.05) is 36.2 Å². The monoisotopic (exact) mass is 432 g/mol. The molecule has 0 aliphatic rings. The molecule has 0 saturated heterocycles. The third-order valence-corrected chi connectivity index (χ3v) is 4.67. The van der Waals surface area contributed by atoms with Crippen LogP contribution in [-0.4, -0.2) is 29.0 Å². The lowest BCUT2D eigenvalue weighted by molar-refractivity contribution is -0.116. The van der Waals surface area contributed by atoms with E-state index in [1.807, 2.05) is 12.1 Å². The van der Waals surface area contributed by atoms with Gasteiger partial charge in [0.1, 0.15) is 0 Å². The second-order valence-electron chi connectivity index (χ2n) is 6.19. The van der Waals surface area contributed by atoms with Crippen LogP contribution >= 0.6 is 23.2 Å². The molecule has 2 amide bonds. The maximum absolute atomic E-state index is 12.2. The minimum absolute atomic E-state index is 0.187. The van der Waals surface area contributed by atoms with E-state index in [1.54, 1.807) is 24.3 Å². The summed E-state index contributed by atoms with van der Waals surface area (Å²) in [5.41, 5.74) is 1.60. The molecule has 2 N–H and O–H groups in total. The van der Waals surface area contributed by atoms with E-state index in [-0.39, 0.29) is 18.2 Å². The first-order valence-corrected chi connectivity index (χ1v) is 9.62. The van der Waals surface area contributed by atoms with Crippen LogP contribution in [-0.2, 0) is 11.2 Å². The van der Waals surface area contributed by atoms with Gasteiger partial charge in [0.15, 0.2) is 0 Å². The number of carbonyl (C=O) groups is 2. The summed E-state index contributed by atoms with van der Waals surface area (Å²) in [6, 6.07) is 11.9. The van der Waals surface area contributed by atoms with Crippen molar-refractivity contribution in [3.05, 3.63) is 64.0 Å². The van der Waals surface area contributed by atoms with Crippen LogP contribution in [0, 0.1) is 0 Å². The Bertz CT molecular complexity index is 1020. The van der Waals surface area contributed by atoms with Crippen LogP contribution in [0.15, 0.2) is 47.0 Å². The molecule has 0 saturated carbocycles. The normalized spacial score (nSPS) is 10.6. The Morgan fingerprint density at radius 3 is 2.59 bits per heavy atom. The molecule has 150 valence electrons. The molecular formula is C20H18Cl2N4O3. The van der Waals surface area contributed by atoms with Crippen LogP contribution in [0.2, 0.25) is 10.0 Å². The molecule has 0 aliphatic carbocycles. The second kappa shape index (κ2) is 9.54. The molecule has 0 fully saturated rings. The van der Waals surface area contributed by atoms with Crippen molar-refractivity contribution in [2.45, 2.75) is 19.3 Å². The Morgan fingerprint density at radius 1 is 1.10 bits per heavy atom. The van der Waals surface area contributed by atoms with Gasteiger partial charge in [-0.15, -0.1) is 0 Å². The van der Waals surface area contributed by atoms with E-state index < -0.39 is 0 Å². The van der Waals surface area contributed by atoms with E-state index in [1.165, 1.54) is 13.1 Å². The largest absolute Gasteiger partial charge is 0.355 e. The Hall–Kier alpha value is -2.90. The second-order valence-corrected chi connectivity index (χ2v) is 7.04. The lowest BCUT2D eigenvalue weighted by Crippen LogP contribution is -2.19. The number of halogens is 2. The third kappa shape index (κ3) is 5.56. The molecule has 7 nitrogen and oxygen atoms in total. The lowest BCUT2D eigenvalue weighted by Gasteiger charge is -2.08. The van der Waals surface area contributed by atoms with Gasteiger partial charge in [0.25, 0.3) is 5.91 Å². The van der Waals surface area contributed by atoms with Crippen molar-refractivity contribution >= 4 is 40.7 Å². The standard InChI is InChI=1S/C20H18Cl2N4O3/c1-23-20(28)15-11-14(9-10-16(15)22)24-17(27)3-2-4-18-25-19(26-29-18)12-5-7-13(21)8-6-12/h5-11H,2-4H2,1H3,(H,23,28)(H,24,27). The average molecular weight is 433 g/mol. The smallest absolute Gasteiger partial charge is 0.252 e. The number of benzene rings is 2. The Labute approximate surface area is 177 Å². The van der Waals surface area contributed by atoms with Gasteiger partial charge in [-0.25, -0.2) is 0 Å². The fourth-order valence-electron chi connectivity index (χ4n) is 2.61. The van der Waals surface area contributed by atoms with Crippen LogP contribution in [0.1, 0.15) is 29.1 Å². The molecule has 0 aliphatic heterocycles. The number of hydrogen-bond acceptors (Lipinski definition) is 5. The number of amides is 2. The van der Waals surface area contributed by atoms with Crippen molar-refractivity contribution in [3.63, 3.8) is 0 Å². The fourth-order valence-corrected chi connectivity index (χ4v) is 2.94. The summed E-state index contributed by atoms with van der Waals surface area (Å²) in [6.07, 6.45) is 1.26. The highest BCUT2D eigenvalue weighted by Crippen LogP contribution is 2.21. The van der Waals surface area contributed by atoms with Crippen LogP contribution < -0.4 is 10.6 Å². The first-order chi connectivity index (χ1) is 14.0. The minimum atomic E-state index is -0.320. The summed E-state index contributed by atoms with van der Waals surface area (Å²) in [6.45, 7) is 0. The Balaban J connectivity index is 1.52. The van der Waals surface area contributed by atoms with Gasteiger partial charge >= 0.3 is 0 Å². The zero-order chi connectivity index (χ0) is 20.8. The Kier molecular flexibility index (Phi) is 6.85. The van der Waals surface area contributed by atoms with E-state index in [2.05, 4.69) is 20.8 Å². The molecule has 3 aromatic rings. The van der Waals surface area contributed by atoms with Gasteiger partial charge < -0.3 is 15.2 Å². The molecule has 9 heteroatoms. The predicted octanol–water partition coefficient (Wildman–Crippen LogP) is 4.36. The summed E-state index contributed by atoms with van der Waals surface area (Å²) >= 11 is 11.9.